The van der Waals surface area contributed by atoms with E-state index in [4.69, 9.17) is 4.42 Å². The van der Waals surface area contributed by atoms with E-state index in [0.29, 0.717) is 12.0 Å². The summed E-state index contributed by atoms with van der Waals surface area (Å²) in [5.74, 6) is 1.61. The first-order valence-electron chi connectivity index (χ1n) is 18.4. The Morgan fingerprint density at radius 3 is 2.42 bits per heavy atom. The maximum atomic E-state index is 6.94. The molecule has 0 spiro atoms. The SMILES string of the molecule is CCCCc1ccc2c(c1)oc1c3c(ccc12)C(CCc1ccccc1-c1n(C(C)C)cc[n+]1C)C(CC)(CC)[n+]1cc(C)c(C)cc1-3. The largest absolute Gasteiger partial charge is 0.455 e. The zero-order valence-corrected chi connectivity index (χ0v) is 30.4. The number of pyridine rings is 1. The first kappa shape index (κ1) is 32.4. The Bertz CT molecular complexity index is 2120. The van der Waals surface area contributed by atoms with E-state index in [2.05, 4.69) is 148 Å². The molecule has 4 heteroatoms. The molecule has 0 bridgehead atoms. The van der Waals surface area contributed by atoms with Gasteiger partial charge in [0.1, 0.15) is 23.6 Å². The molecule has 0 saturated heterocycles. The lowest BCUT2D eigenvalue weighted by molar-refractivity contribution is -0.763. The molecule has 3 aromatic heterocycles. The van der Waals surface area contributed by atoms with Gasteiger partial charge in [0.2, 0.25) is 5.69 Å². The number of unbranched alkanes of at least 4 members (excludes halogenated alkanes) is 1. The van der Waals surface area contributed by atoms with Gasteiger partial charge in [-0.15, -0.1) is 0 Å². The predicted octanol–water partition coefficient (Wildman–Crippen LogP) is 10.6. The number of benzene rings is 3. The summed E-state index contributed by atoms with van der Waals surface area (Å²) in [4.78, 5) is 0. The van der Waals surface area contributed by atoms with Gasteiger partial charge in [-0.05, 0) is 87.8 Å². The molecule has 4 nitrogen and oxygen atoms in total. The molecular weight excluding hydrogens is 587 g/mol. The van der Waals surface area contributed by atoms with Crippen LogP contribution in [0.15, 0.2) is 83.7 Å². The summed E-state index contributed by atoms with van der Waals surface area (Å²) in [6.07, 6.45) is 14.5. The van der Waals surface area contributed by atoms with Crippen LogP contribution in [-0.4, -0.2) is 4.57 Å². The Kier molecular flexibility index (Phi) is 8.56. The molecule has 248 valence electrons. The summed E-state index contributed by atoms with van der Waals surface area (Å²) in [5.41, 5.74) is 12.8. The van der Waals surface area contributed by atoms with E-state index in [1.165, 1.54) is 74.1 Å². The van der Waals surface area contributed by atoms with Gasteiger partial charge in [0.25, 0.3) is 5.82 Å². The molecule has 4 heterocycles. The molecule has 1 atom stereocenters. The maximum absolute atomic E-state index is 6.94. The molecule has 0 saturated carbocycles. The van der Waals surface area contributed by atoms with E-state index in [1.807, 2.05) is 0 Å². The molecule has 1 aliphatic heterocycles. The van der Waals surface area contributed by atoms with Crippen molar-refractivity contribution in [1.29, 1.82) is 0 Å². The monoisotopic (exact) mass is 639 g/mol. The minimum atomic E-state index is -0.0361. The summed E-state index contributed by atoms with van der Waals surface area (Å²) in [7, 11) is 2.17. The Labute approximate surface area is 287 Å². The number of hydrogen-bond acceptors (Lipinski definition) is 1. The van der Waals surface area contributed by atoms with E-state index >= 15 is 0 Å². The summed E-state index contributed by atoms with van der Waals surface area (Å²) < 4.78 is 14.3. The number of furan rings is 1. The molecule has 1 aliphatic rings. The molecule has 0 radical (unpaired) electrons. The Hall–Kier alpha value is -4.18. The van der Waals surface area contributed by atoms with Gasteiger partial charge in [0.05, 0.1) is 30.1 Å². The first-order valence-corrected chi connectivity index (χ1v) is 18.4. The van der Waals surface area contributed by atoms with Gasteiger partial charge < -0.3 is 4.42 Å². The van der Waals surface area contributed by atoms with Crippen LogP contribution in [0.3, 0.4) is 0 Å². The van der Waals surface area contributed by atoms with Crippen LogP contribution in [0.2, 0.25) is 0 Å². The van der Waals surface area contributed by atoms with Crippen molar-refractivity contribution in [2.45, 2.75) is 111 Å². The normalized spacial score (nSPS) is 15.4. The minimum Gasteiger partial charge on any atom is -0.455 e. The molecular formula is C44H53N3O+2. The smallest absolute Gasteiger partial charge is 0.289 e. The number of nitrogens with zero attached hydrogens (tertiary/aromatic N) is 3. The lowest BCUT2D eigenvalue weighted by Crippen LogP contribution is -2.62. The highest BCUT2D eigenvalue weighted by Gasteiger charge is 2.52. The molecule has 7 rings (SSSR count). The van der Waals surface area contributed by atoms with E-state index in [-0.39, 0.29) is 5.54 Å². The van der Waals surface area contributed by atoms with Gasteiger partial charge in [-0.2, -0.15) is 4.57 Å². The average Bonchev–Trinajstić information content (AvgIpc) is 3.66. The second-order valence-electron chi connectivity index (χ2n) is 14.6. The predicted molar refractivity (Wildman–Crippen MR) is 198 cm³/mol. The first-order chi connectivity index (χ1) is 23.2. The second-order valence-corrected chi connectivity index (χ2v) is 14.6. The average molecular weight is 640 g/mol. The maximum Gasteiger partial charge on any atom is 0.289 e. The molecule has 48 heavy (non-hydrogen) atoms. The van der Waals surface area contributed by atoms with Crippen LogP contribution in [0, 0.1) is 13.8 Å². The molecule has 0 N–H and O–H groups in total. The number of hydrogen-bond donors (Lipinski definition) is 0. The van der Waals surface area contributed by atoms with Crippen LogP contribution in [0.1, 0.15) is 106 Å². The fraction of sp³-hybridized carbons (Fsp3) is 0.409. The van der Waals surface area contributed by atoms with Crippen molar-refractivity contribution in [3.8, 4) is 22.6 Å². The van der Waals surface area contributed by atoms with Gasteiger partial charge in [0.15, 0.2) is 11.7 Å². The van der Waals surface area contributed by atoms with Crippen LogP contribution in [0.5, 0.6) is 0 Å². The topological polar surface area (TPSA) is 25.8 Å². The van der Waals surface area contributed by atoms with Crippen LogP contribution in [0.4, 0.5) is 0 Å². The third kappa shape index (κ3) is 5.11. The van der Waals surface area contributed by atoms with Gasteiger partial charge in [-0.1, -0.05) is 69.7 Å². The Balaban J connectivity index is 1.41. The molecule has 6 aromatic rings. The van der Waals surface area contributed by atoms with Crippen molar-refractivity contribution in [2.75, 3.05) is 0 Å². The van der Waals surface area contributed by atoms with Gasteiger partial charge in [0, 0.05) is 35.2 Å². The van der Waals surface area contributed by atoms with Gasteiger partial charge >= 0.3 is 0 Å². The molecule has 0 amide bonds. The summed E-state index contributed by atoms with van der Waals surface area (Å²) in [6.45, 7) is 16.1. The van der Waals surface area contributed by atoms with Crippen molar-refractivity contribution in [3.05, 3.63) is 107 Å². The van der Waals surface area contributed by atoms with Crippen molar-refractivity contribution in [3.63, 3.8) is 0 Å². The number of rotatable bonds is 10. The highest BCUT2D eigenvalue weighted by Crippen LogP contribution is 2.51. The van der Waals surface area contributed by atoms with Gasteiger partial charge in [-0.25, -0.2) is 9.13 Å². The lowest BCUT2D eigenvalue weighted by Gasteiger charge is -2.40. The second kappa shape index (κ2) is 12.7. The third-order valence-corrected chi connectivity index (χ3v) is 11.6. The molecule has 0 fully saturated rings. The fourth-order valence-corrected chi connectivity index (χ4v) is 8.77. The number of aryl methyl sites for hydroxylation is 5. The number of aromatic nitrogens is 3. The van der Waals surface area contributed by atoms with Crippen LogP contribution in [0.25, 0.3) is 44.6 Å². The van der Waals surface area contributed by atoms with Gasteiger partial charge in [-0.3, -0.25) is 0 Å². The van der Waals surface area contributed by atoms with Crippen molar-refractivity contribution < 1.29 is 13.6 Å². The zero-order chi connectivity index (χ0) is 33.7. The van der Waals surface area contributed by atoms with Crippen LogP contribution in [-0.2, 0) is 25.4 Å². The van der Waals surface area contributed by atoms with E-state index < -0.39 is 0 Å². The Morgan fingerprint density at radius 2 is 1.67 bits per heavy atom. The van der Waals surface area contributed by atoms with Crippen molar-refractivity contribution >= 4 is 21.9 Å². The Morgan fingerprint density at radius 1 is 0.896 bits per heavy atom. The van der Waals surface area contributed by atoms with Crippen molar-refractivity contribution in [2.24, 2.45) is 7.05 Å². The van der Waals surface area contributed by atoms with Crippen molar-refractivity contribution in [1.82, 2.24) is 4.57 Å². The van der Waals surface area contributed by atoms with Crippen LogP contribution >= 0.6 is 0 Å². The summed E-state index contributed by atoms with van der Waals surface area (Å²) in [6, 6.07) is 23.6. The summed E-state index contributed by atoms with van der Waals surface area (Å²) >= 11 is 0. The quantitative estimate of drug-likeness (QED) is 0.137. The lowest BCUT2D eigenvalue weighted by atomic mass is 9.68. The number of fused-ring (bicyclic) bond motifs is 7. The zero-order valence-electron chi connectivity index (χ0n) is 30.4. The molecule has 0 aliphatic carbocycles. The van der Waals surface area contributed by atoms with E-state index in [9.17, 15) is 0 Å². The molecule has 3 aromatic carbocycles. The minimum absolute atomic E-state index is 0.0361. The molecule has 1 unspecified atom stereocenters. The summed E-state index contributed by atoms with van der Waals surface area (Å²) in [5, 5.41) is 2.44. The standard InChI is InChI=1S/C44H53N3O/c1-9-12-15-32-18-20-35-36-21-22-37-38(23-19-33-16-13-14-17-34(33)43-45(8)24-25-46(43)29(4)5)44(10-2,11-3)47-28-31(7)30(6)26-39(47)41(37)42(36)48-40(35)27-32/h13-14,16-18,20-22,24-29,38H,9-12,15,19,23H2,1-8H3/q+2. The third-order valence-electron chi connectivity index (χ3n) is 11.6. The fourth-order valence-electron chi connectivity index (χ4n) is 8.77. The van der Waals surface area contributed by atoms with E-state index in [0.717, 1.165) is 43.3 Å². The van der Waals surface area contributed by atoms with E-state index in [1.54, 1.807) is 0 Å². The highest BCUT2D eigenvalue weighted by atomic mass is 16.3. The highest BCUT2D eigenvalue weighted by molar-refractivity contribution is 6.10. The number of imidazole rings is 1. The van der Waals surface area contributed by atoms with Crippen LogP contribution < -0.4 is 9.13 Å².